The molecule has 0 saturated carbocycles. The van der Waals surface area contributed by atoms with Gasteiger partial charge in [0.2, 0.25) is 10.0 Å². The first-order valence-corrected chi connectivity index (χ1v) is 8.78. The lowest BCUT2D eigenvalue weighted by molar-refractivity contribution is 0.0906. The SMILES string of the molecule is CCS(=O)(=O)N1CCN(CC(=O)c2cccs2)CC1. The molecule has 106 valence electrons. The zero-order valence-electron chi connectivity index (χ0n) is 10.9. The van der Waals surface area contributed by atoms with Gasteiger partial charge in [-0.2, -0.15) is 4.31 Å². The number of ketones is 1. The third-order valence-electron chi connectivity index (χ3n) is 3.25. The molecule has 0 amide bonds. The minimum Gasteiger partial charge on any atom is -0.293 e. The van der Waals surface area contributed by atoms with E-state index in [-0.39, 0.29) is 11.5 Å². The van der Waals surface area contributed by atoms with Crippen LogP contribution in [-0.4, -0.2) is 61.9 Å². The van der Waals surface area contributed by atoms with Crippen LogP contribution in [0.5, 0.6) is 0 Å². The summed E-state index contributed by atoms with van der Waals surface area (Å²) in [4.78, 5) is 14.7. The third-order valence-corrected chi connectivity index (χ3v) is 6.05. The van der Waals surface area contributed by atoms with Crippen LogP contribution in [0.25, 0.3) is 0 Å². The first kappa shape index (κ1) is 14.6. The Hall–Kier alpha value is -0.760. The van der Waals surface area contributed by atoms with Crippen LogP contribution in [0.3, 0.4) is 0 Å². The summed E-state index contributed by atoms with van der Waals surface area (Å²) in [5.74, 6) is 0.253. The second-order valence-electron chi connectivity index (χ2n) is 4.48. The summed E-state index contributed by atoms with van der Waals surface area (Å²) in [7, 11) is -3.09. The summed E-state index contributed by atoms with van der Waals surface area (Å²) in [6, 6.07) is 3.69. The number of Topliss-reactive ketones (excluding diaryl/α,β-unsaturated/α-hetero) is 1. The molecule has 1 aliphatic rings. The smallest absolute Gasteiger partial charge is 0.213 e. The molecule has 0 aromatic carbocycles. The summed E-state index contributed by atoms with van der Waals surface area (Å²) in [6.45, 7) is 4.23. The van der Waals surface area contributed by atoms with E-state index in [4.69, 9.17) is 0 Å². The number of carbonyl (C=O) groups excluding carboxylic acids is 1. The second-order valence-corrected chi connectivity index (χ2v) is 7.68. The molecule has 19 heavy (non-hydrogen) atoms. The number of hydrogen-bond donors (Lipinski definition) is 0. The minimum absolute atomic E-state index is 0.113. The highest BCUT2D eigenvalue weighted by Crippen LogP contribution is 2.12. The molecule has 0 radical (unpaired) electrons. The van der Waals surface area contributed by atoms with E-state index in [1.54, 1.807) is 6.92 Å². The minimum atomic E-state index is -3.09. The molecule has 0 bridgehead atoms. The maximum atomic E-state index is 11.9. The molecular weight excluding hydrogens is 284 g/mol. The summed E-state index contributed by atoms with van der Waals surface area (Å²) >= 11 is 1.45. The first-order chi connectivity index (χ1) is 9.03. The van der Waals surface area contributed by atoms with Crippen LogP contribution in [-0.2, 0) is 10.0 Å². The number of sulfonamides is 1. The van der Waals surface area contributed by atoms with E-state index >= 15 is 0 Å². The van der Waals surface area contributed by atoms with Crippen LogP contribution in [0.4, 0.5) is 0 Å². The molecule has 1 aliphatic heterocycles. The Morgan fingerprint density at radius 1 is 1.32 bits per heavy atom. The number of carbonyl (C=O) groups is 1. The third kappa shape index (κ3) is 3.62. The van der Waals surface area contributed by atoms with Crippen LogP contribution < -0.4 is 0 Å². The topological polar surface area (TPSA) is 57.7 Å². The fourth-order valence-corrected chi connectivity index (χ4v) is 3.81. The maximum Gasteiger partial charge on any atom is 0.213 e. The summed E-state index contributed by atoms with van der Waals surface area (Å²) in [6.07, 6.45) is 0. The van der Waals surface area contributed by atoms with Crippen molar-refractivity contribution in [3.8, 4) is 0 Å². The van der Waals surface area contributed by atoms with Gasteiger partial charge in [-0.3, -0.25) is 9.69 Å². The molecular formula is C12H18N2O3S2. The van der Waals surface area contributed by atoms with Gasteiger partial charge in [-0.05, 0) is 18.4 Å². The number of thiophene rings is 1. The van der Waals surface area contributed by atoms with Crippen molar-refractivity contribution in [3.63, 3.8) is 0 Å². The van der Waals surface area contributed by atoms with Crippen molar-refractivity contribution < 1.29 is 13.2 Å². The van der Waals surface area contributed by atoms with Gasteiger partial charge in [0.1, 0.15) is 0 Å². The molecule has 0 N–H and O–H groups in total. The van der Waals surface area contributed by atoms with Crippen LogP contribution in [0.2, 0.25) is 0 Å². The Kier molecular flexibility index (Phi) is 4.72. The predicted molar refractivity (Wildman–Crippen MR) is 76.1 cm³/mol. The average molecular weight is 302 g/mol. The van der Waals surface area contributed by atoms with Crippen LogP contribution in [0, 0.1) is 0 Å². The van der Waals surface area contributed by atoms with E-state index in [9.17, 15) is 13.2 Å². The van der Waals surface area contributed by atoms with Gasteiger partial charge in [0.25, 0.3) is 0 Å². The molecule has 1 aromatic heterocycles. The maximum absolute atomic E-state index is 11.9. The molecule has 0 aliphatic carbocycles. The zero-order valence-corrected chi connectivity index (χ0v) is 12.5. The molecule has 2 rings (SSSR count). The quantitative estimate of drug-likeness (QED) is 0.758. The Balaban J connectivity index is 1.86. The lowest BCUT2D eigenvalue weighted by Crippen LogP contribution is -2.50. The van der Waals surface area contributed by atoms with Crippen molar-refractivity contribution in [2.75, 3.05) is 38.5 Å². The normalized spacial score (nSPS) is 18.6. The molecule has 7 heteroatoms. The standard InChI is InChI=1S/C12H18N2O3S2/c1-2-19(16,17)14-7-5-13(6-8-14)10-11(15)12-4-3-9-18-12/h3-4,9H,2,5-8,10H2,1H3. The number of rotatable bonds is 5. The molecule has 1 fully saturated rings. The van der Waals surface area contributed by atoms with Gasteiger partial charge in [0.15, 0.2) is 5.78 Å². The van der Waals surface area contributed by atoms with E-state index in [2.05, 4.69) is 0 Å². The van der Waals surface area contributed by atoms with Gasteiger partial charge in [-0.15, -0.1) is 11.3 Å². The monoisotopic (exact) mass is 302 g/mol. The predicted octanol–water partition coefficient (Wildman–Crippen LogP) is 0.898. The van der Waals surface area contributed by atoms with E-state index < -0.39 is 10.0 Å². The van der Waals surface area contributed by atoms with Crippen molar-refractivity contribution in [2.45, 2.75) is 6.92 Å². The first-order valence-electron chi connectivity index (χ1n) is 6.30. The van der Waals surface area contributed by atoms with E-state index in [1.807, 2.05) is 22.4 Å². The molecule has 1 saturated heterocycles. The number of piperazine rings is 1. The van der Waals surface area contributed by atoms with Crippen molar-refractivity contribution in [1.82, 2.24) is 9.21 Å². The number of hydrogen-bond acceptors (Lipinski definition) is 5. The zero-order chi connectivity index (χ0) is 13.9. The Morgan fingerprint density at radius 3 is 2.53 bits per heavy atom. The lowest BCUT2D eigenvalue weighted by atomic mass is 10.2. The summed E-state index contributed by atoms with van der Waals surface area (Å²) < 4.78 is 24.9. The van der Waals surface area contributed by atoms with Gasteiger partial charge in [-0.25, -0.2) is 8.42 Å². The highest BCUT2D eigenvalue weighted by Gasteiger charge is 2.26. The van der Waals surface area contributed by atoms with E-state index in [0.717, 1.165) is 4.88 Å². The van der Waals surface area contributed by atoms with Gasteiger partial charge in [0.05, 0.1) is 17.2 Å². The Labute approximate surface area is 117 Å². The van der Waals surface area contributed by atoms with Gasteiger partial charge >= 0.3 is 0 Å². The van der Waals surface area contributed by atoms with Crippen molar-refractivity contribution in [2.24, 2.45) is 0 Å². The van der Waals surface area contributed by atoms with E-state index in [1.165, 1.54) is 15.6 Å². The Bertz CT molecular complexity index is 517. The molecule has 1 aromatic rings. The van der Waals surface area contributed by atoms with E-state index in [0.29, 0.717) is 32.7 Å². The second kappa shape index (κ2) is 6.13. The van der Waals surface area contributed by atoms with Gasteiger partial charge in [-0.1, -0.05) is 6.07 Å². The highest BCUT2D eigenvalue weighted by atomic mass is 32.2. The highest BCUT2D eigenvalue weighted by molar-refractivity contribution is 7.89. The number of nitrogens with zero attached hydrogens (tertiary/aromatic N) is 2. The molecule has 5 nitrogen and oxygen atoms in total. The van der Waals surface area contributed by atoms with Gasteiger partial charge in [0, 0.05) is 26.2 Å². The van der Waals surface area contributed by atoms with Crippen LogP contribution in [0.1, 0.15) is 16.6 Å². The molecule has 2 heterocycles. The van der Waals surface area contributed by atoms with Crippen LogP contribution >= 0.6 is 11.3 Å². The van der Waals surface area contributed by atoms with Crippen LogP contribution in [0.15, 0.2) is 17.5 Å². The van der Waals surface area contributed by atoms with Crippen molar-refractivity contribution in [1.29, 1.82) is 0 Å². The molecule has 0 atom stereocenters. The lowest BCUT2D eigenvalue weighted by Gasteiger charge is -2.33. The summed E-state index contributed by atoms with van der Waals surface area (Å²) in [5.41, 5.74) is 0. The molecule has 0 spiro atoms. The summed E-state index contributed by atoms with van der Waals surface area (Å²) in [5, 5.41) is 1.89. The fourth-order valence-electron chi connectivity index (χ4n) is 2.07. The molecule has 0 unspecified atom stereocenters. The largest absolute Gasteiger partial charge is 0.293 e. The van der Waals surface area contributed by atoms with Crippen molar-refractivity contribution in [3.05, 3.63) is 22.4 Å². The van der Waals surface area contributed by atoms with Crippen molar-refractivity contribution >= 4 is 27.1 Å². The fraction of sp³-hybridized carbons (Fsp3) is 0.583. The van der Waals surface area contributed by atoms with Gasteiger partial charge < -0.3 is 0 Å². The average Bonchev–Trinajstić information content (AvgIpc) is 2.93. The Morgan fingerprint density at radius 2 is 2.00 bits per heavy atom.